The maximum atomic E-state index is 7.03. The molecule has 89 heavy (non-hydrogen) atoms. The smallest absolute Gasteiger partial charge is 0.236 e. The van der Waals surface area contributed by atoms with Gasteiger partial charge in [-0.15, -0.1) is 6.42 Å². The Morgan fingerprint density at radius 2 is 1.03 bits per heavy atom. The molecule has 0 bridgehead atoms. The van der Waals surface area contributed by atoms with Gasteiger partial charge in [-0.25, -0.2) is 19.9 Å². The third-order valence-corrected chi connectivity index (χ3v) is 19.0. The van der Waals surface area contributed by atoms with Gasteiger partial charge in [0, 0.05) is 110 Å². The Morgan fingerprint density at radius 1 is 0.427 bits per heavy atom. The van der Waals surface area contributed by atoms with Gasteiger partial charge in [0.15, 0.2) is 11.5 Å². The third kappa shape index (κ3) is 6.35. The van der Waals surface area contributed by atoms with Crippen molar-refractivity contribution in [1.82, 2.24) is 42.9 Å². The van der Waals surface area contributed by atoms with Crippen LogP contribution in [-0.4, -0.2) is 42.9 Å². The summed E-state index contributed by atoms with van der Waals surface area (Å²) in [6.07, 6.45) is 13.0. The van der Waals surface area contributed by atoms with Gasteiger partial charge in [0.1, 0.15) is 0 Å². The zero-order valence-electron chi connectivity index (χ0n) is 47.8. The number of para-hydroxylation sites is 6. The summed E-state index contributed by atoms with van der Waals surface area (Å²) in [7, 11) is 0. The minimum atomic E-state index is 0.536. The molecule has 9 heterocycles. The first-order valence-electron chi connectivity index (χ1n) is 30.1. The summed E-state index contributed by atoms with van der Waals surface area (Å²) in [5.41, 5.74) is 19.0. The van der Waals surface area contributed by atoms with E-state index in [0.29, 0.717) is 17.4 Å². The van der Waals surface area contributed by atoms with E-state index in [2.05, 4.69) is 249 Å². The molecule has 0 fully saturated rings. The van der Waals surface area contributed by atoms with Gasteiger partial charge in [-0.2, -0.15) is 4.98 Å². The van der Waals surface area contributed by atoms with Crippen molar-refractivity contribution in [2.45, 2.75) is 6.92 Å². The number of pyridine rings is 1. The molecular formula is C80H45N9. The van der Waals surface area contributed by atoms with Crippen LogP contribution in [0.4, 0.5) is 0 Å². The van der Waals surface area contributed by atoms with E-state index in [9.17, 15) is 0 Å². The monoisotopic (exact) mass is 1130 g/mol. The molecule has 0 N–H and O–H groups in total. The molecule has 0 unspecified atom stereocenters. The molecule has 20 rings (SSSR count). The molecule has 0 amide bonds. The summed E-state index contributed by atoms with van der Waals surface area (Å²) in [6, 6.07) is 82.6. The first-order valence-corrected chi connectivity index (χ1v) is 30.1. The second-order valence-corrected chi connectivity index (χ2v) is 23.4. The van der Waals surface area contributed by atoms with Crippen LogP contribution in [-0.2, 0) is 0 Å². The van der Waals surface area contributed by atoms with Crippen LogP contribution >= 0.6 is 0 Å². The van der Waals surface area contributed by atoms with Gasteiger partial charge in [-0.1, -0.05) is 158 Å². The molecule has 0 aliphatic rings. The molecule has 0 atom stereocenters. The molecule has 0 spiro atoms. The largest absolute Gasteiger partial charge is 0.309 e. The Balaban J connectivity index is 0.833. The van der Waals surface area contributed by atoms with Gasteiger partial charge >= 0.3 is 0 Å². The average Bonchev–Trinajstić information content (AvgIpc) is 1.57. The highest BCUT2D eigenvalue weighted by molar-refractivity contribution is 6.37. The Labute approximate surface area is 506 Å². The van der Waals surface area contributed by atoms with Crippen molar-refractivity contribution < 1.29 is 0 Å². The van der Waals surface area contributed by atoms with Crippen LogP contribution in [0.15, 0.2) is 249 Å². The molecular weight excluding hydrogens is 1090 g/mol. The van der Waals surface area contributed by atoms with Crippen molar-refractivity contribution in [2.24, 2.45) is 0 Å². The minimum Gasteiger partial charge on any atom is -0.309 e. The van der Waals surface area contributed by atoms with E-state index in [-0.39, 0.29) is 0 Å². The predicted molar refractivity (Wildman–Crippen MR) is 366 cm³/mol. The van der Waals surface area contributed by atoms with Crippen molar-refractivity contribution in [3.63, 3.8) is 0 Å². The van der Waals surface area contributed by atoms with E-state index in [1.807, 2.05) is 24.4 Å². The second-order valence-electron chi connectivity index (χ2n) is 23.4. The van der Waals surface area contributed by atoms with Crippen LogP contribution in [0, 0.1) is 12.3 Å². The fourth-order valence-electron chi connectivity index (χ4n) is 15.3. The lowest BCUT2D eigenvalue weighted by Gasteiger charge is -2.14. The van der Waals surface area contributed by atoms with Crippen LogP contribution in [0.25, 0.3) is 181 Å². The molecule has 20 aromatic rings. The first-order chi connectivity index (χ1) is 44.1. The number of rotatable bonds is 6. The summed E-state index contributed by atoms with van der Waals surface area (Å²) in [5, 5.41) is 16.9. The third-order valence-electron chi connectivity index (χ3n) is 19.0. The quantitative estimate of drug-likeness (QED) is 0.155. The van der Waals surface area contributed by atoms with E-state index in [1.54, 1.807) is 6.20 Å². The zero-order valence-corrected chi connectivity index (χ0v) is 47.8. The van der Waals surface area contributed by atoms with Crippen LogP contribution in [0.1, 0.15) is 23.7 Å². The summed E-state index contributed by atoms with van der Waals surface area (Å²) in [6.45, 7) is 2.14. The summed E-state index contributed by atoms with van der Waals surface area (Å²) in [5.74, 6) is 4.55. The predicted octanol–water partition coefficient (Wildman–Crippen LogP) is 19.2. The van der Waals surface area contributed by atoms with E-state index >= 15 is 0 Å². The first kappa shape index (κ1) is 48.0. The SMILES string of the molecule is C#Cc1c(/C(=C\C)c2cccc3c4c5c6ccccc6n6c7ccccc7c(cc4n(-c4ncc7cccnc7n4)c23)c56)n2c3ccccc3c3c4c5ccccc5n(-c5ccc(-c6nc(-c7ccc8ccccc8c7)c7ccccc7n6)cc5)c4cc1c32. The number of hydrogen-bond donors (Lipinski definition) is 0. The summed E-state index contributed by atoms with van der Waals surface area (Å²) >= 11 is 0. The van der Waals surface area contributed by atoms with E-state index in [4.69, 9.17) is 31.3 Å². The molecule has 0 saturated heterocycles. The maximum Gasteiger partial charge on any atom is 0.236 e. The maximum absolute atomic E-state index is 7.03. The lowest BCUT2D eigenvalue weighted by molar-refractivity contribution is 1.00. The molecule has 9 aromatic heterocycles. The van der Waals surface area contributed by atoms with Crippen LogP contribution in [0.5, 0.6) is 0 Å². The number of nitrogens with zero attached hydrogens (tertiary/aromatic N) is 9. The Hall–Kier alpha value is -12.3. The molecule has 0 radical (unpaired) electrons. The lowest BCUT2D eigenvalue weighted by Crippen LogP contribution is -2.04. The Morgan fingerprint density at radius 3 is 1.81 bits per heavy atom. The standard InChI is InChI=1S/C80H45N9/c1-3-51(54-27-17-28-59-70-68(89(75(54)59)80-82-44-49-21-18-40-81-78(49)85-80)43-61-53-22-8-13-30-63(53)87-65-32-15-10-25-57(65)72(70)76(61)87)74-52(4-2)60-42-67-69(71-58-26-11-16-33-66(58)88(74)77(60)71)56-24-9-14-31-64(56)86(67)50-38-36-46(37-39-50)79-83-62-29-12-7-23-55(62)73(84-79)48-35-34-45-19-5-6-20-47(45)41-48/h2-3,5-44H,1H3/b51-3-. The van der Waals surface area contributed by atoms with Crippen LogP contribution < -0.4 is 0 Å². The normalized spacial score (nSPS) is 12.6. The molecule has 0 saturated carbocycles. The van der Waals surface area contributed by atoms with E-state index in [0.717, 1.165) is 127 Å². The highest BCUT2D eigenvalue weighted by Crippen LogP contribution is 2.51. The van der Waals surface area contributed by atoms with Crippen molar-refractivity contribution in [3.8, 4) is 46.6 Å². The number of hydrogen-bond acceptors (Lipinski definition) is 5. The van der Waals surface area contributed by atoms with Crippen LogP contribution in [0.3, 0.4) is 0 Å². The number of allylic oxidation sites excluding steroid dienone is 1. The van der Waals surface area contributed by atoms with Gasteiger partial charge in [-0.05, 0) is 103 Å². The zero-order chi connectivity index (χ0) is 58.3. The minimum absolute atomic E-state index is 0.536. The number of terminal acetylenes is 1. The topological polar surface area (TPSA) is 83.1 Å². The highest BCUT2D eigenvalue weighted by Gasteiger charge is 2.31. The van der Waals surface area contributed by atoms with Gasteiger partial charge in [-0.3, -0.25) is 4.57 Å². The summed E-state index contributed by atoms with van der Waals surface area (Å²) < 4.78 is 9.58. The average molecular weight is 1130 g/mol. The number of fused-ring (bicyclic) bond motifs is 20. The van der Waals surface area contributed by atoms with Gasteiger partial charge in [0.05, 0.1) is 72.1 Å². The Bertz CT molecular complexity index is 6560. The second kappa shape index (κ2) is 17.7. The van der Waals surface area contributed by atoms with E-state index in [1.165, 1.54) is 54.3 Å². The Kier molecular flexibility index (Phi) is 9.54. The van der Waals surface area contributed by atoms with Gasteiger partial charge in [0.2, 0.25) is 5.95 Å². The molecule has 410 valence electrons. The molecule has 0 aliphatic heterocycles. The van der Waals surface area contributed by atoms with Crippen LogP contribution in [0.2, 0.25) is 0 Å². The molecule has 9 nitrogen and oxygen atoms in total. The lowest BCUT2D eigenvalue weighted by atomic mass is 9.94. The van der Waals surface area contributed by atoms with Gasteiger partial charge < -0.3 is 13.4 Å². The fraction of sp³-hybridized carbons (Fsp3) is 0.0125. The number of aromatic nitrogens is 9. The van der Waals surface area contributed by atoms with E-state index < -0.39 is 0 Å². The van der Waals surface area contributed by atoms with Crippen molar-refractivity contribution >= 4 is 147 Å². The van der Waals surface area contributed by atoms with Crippen molar-refractivity contribution in [1.29, 1.82) is 0 Å². The van der Waals surface area contributed by atoms with Crippen molar-refractivity contribution in [3.05, 3.63) is 266 Å². The number of benzene rings is 11. The molecule has 9 heteroatoms. The fourth-order valence-corrected chi connectivity index (χ4v) is 15.3. The van der Waals surface area contributed by atoms with Crippen molar-refractivity contribution in [2.75, 3.05) is 0 Å². The van der Waals surface area contributed by atoms with Gasteiger partial charge in [0.25, 0.3) is 0 Å². The molecule has 0 aliphatic carbocycles. The summed E-state index contributed by atoms with van der Waals surface area (Å²) in [4.78, 5) is 25.8. The highest BCUT2D eigenvalue weighted by atomic mass is 15.2. The molecule has 11 aromatic carbocycles.